The molecule has 0 unspecified atom stereocenters. The summed E-state index contributed by atoms with van der Waals surface area (Å²) in [6.07, 6.45) is 3.90. The average Bonchev–Trinajstić information content (AvgIpc) is 2.21. The van der Waals surface area contributed by atoms with E-state index in [1.165, 1.54) is 5.70 Å². The van der Waals surface area contributed by atoms with E-state index in [1.807, 2.05) is 6.20 Å². The van der Waals surface area contributed by atoms with Gasteiger partial charge in [-0.25, -0.2) is 4.99 Å². The minimum atomic E-state index is 0.767. The number of amidine groups is 1. The molecule has 0 saturated carbocycles. The van der Waals surface area contributed by atoms with E-state index in [9.17, 15) is 0 Å². The van der Waals surface area contributed by atoms with Gasteiger partial charge in [0.2, 0.25) is 0 Å². The number of hydrogen-bond acceptors (Lipinski definition) is 4. The Balaban J connectivity index is 1.96. The first-order valence-corrected chi connectivity index (χ1v) is 5.20. The Morgan fingerprint density at radius 1 is 1.21 bits per heavy atom. The van der Waals surface area contributed by atoms with Crippen molar-refractivity contribution in [1.82, 2.24) is 9.80 Å². The second kappa shape index (κ2) is 4.00. The van der Waals surface area contributed by atoms with Crippen LogP contribution in [0.1, 0.15) is 12.8 Å². The lowest BCUT2D eigenvalue weighted by atomic mass is 10.1. The van der Waals surface area contributed by atoms with Crippen molar-refractivity contribution in [1.29, 1.82) is 0 Å². The van der Waals surface area contributed by atoms with Crippen LogP contribution in [0, 0.1) is 0 Å². The summed E-state index contributed by atoms with van der Waals surface area (Å²) in [5, 5.41) is 0. The molecule has 2 rings (SSSR count). The van der Waals surface area contributed by atoms with Crippen LogP contribution in [-0.4, -0.2) is 48.9 Å². The highest BCUT2D eigenvalue weighted by atomic mass is 15.3. The second-order valence-electron chi connectivity index (χ2n) is 4.03. The molecule has 2 aliphatic heterocycles. The third kappa shape index (κ3) is 2.07. The predicted molar refractivity (Wildman–Crippen MR) is 58.0 cm³/mol. The molecule has 0 radical (unpaired) electrons. The summed E-state index contributed by atoms with van der Waals surface area (Å²) in [4.78, 5) is 8.97. The molecule has 4 nitrogen and oxygen atoms in total. The molecule has 0 aliphatic carbocycles. The largest absolute Gasteiger partial charge is 0.387 e. The monoisotopic (exact) mass is 194 g/mol. The SMILES string of the molecule is CN1CCN(C2=CN=C(N)CC2)CC1. The van der Waals surface area contributed by atoms with Gasteiger partial charge < -0.3 is 15.5 Å². The smallest absolute Gasteiger partial charge is 0.0993 e. The molecular formula is C10H18N4. The molecule has 1 saturated heterocycles. The molecule has 1 fully saturated rings. The standard InChI is InChI=1S/C10H18N4/c1-13-4-6-14(7-5-13)9-2-3-10(11)12-8-9/h8H,2-7H2,1H3,(H2,11,12). The first-order chi connectivity index (χ1) is 6.75. The zero-order valence-corrected chi connectivity index (χ0v) is 8.74. The van der Waals surface area contributed by atoms with Crippen LogP contribution in [-0.2, 0) is 0 Å². The fourth-order valence-electron chi connectivity index (χ4n) is 1.88. The molecule has 0 aromatic rings. The first-order valence-electron chi connectivity index (χ1n) is 5.20. The van der Waals surface area contributed by atoms with Crippen molar-refractivity contribution >= 4 is 5.84 Å². The Morgan fingerprint density at radius 2 is 1.93 bits per heavy atom. The Hall–Kier alpha value is -1.03. The molecule has 0 bridgehead atoms. The Morgan fingerprint density at radius 3 is 2.50 bits per heavy atom. The average molecular weight is 194 g/mol. The normalized spacial score (nSPS) is 24.5. The van der Waals surface area contributed by atoms with Crippen molar-refractivity contribution < 1.29 is 0 Å². The number of piperazine rings is 1. The second-order valence-corrected chi connectivity index (χ2v) is 4.03. The Bertz CT molecular complexity index is 261. The van der Waals surface area contributed by atoms with Crippen LogP contribution in [0.15, 0.2) is 16.9 Å². The number of nitrogens with zero attached hydrogens (tertiary/aromatic N) is 3. The number of nitrogens with two attached hydrogens (primary N) is 1. The number of hydrogen-bond donors (Lipinski definition) is 1. The van der Waals surface area contributed by atoms with Gasteiger partial charge in [-0.1, -0.05) is 0 Å². The van der Waals surface area contributed by atoms with E-state index in [4.69, 9.17) is 5.73 Å². The molecule has 2 N–H and O–H groups in total. The van der Waals surface area contributed by atoms with Gasteiger partial charge in [-0.15, -0.1) is 0 Å². The topological polar surface area (TPSA) is 44.9 Å². The van der Waals surface area contributed by atoms with Crippen LogP contribution in [0.25, 0.3) is 0 Å². The lowest BCUT2D eigenvalue weighted by Crippen LogP contribution is -2.44. The zero-order chi connectivity index (χ0) is 9.97. The maximum atomic E-state index is 5.63. The van der Waals surface area contributed by atoms with Gasteiger partial charge in [-0.3, -0.25) is 0 Å². The highest BCUT2D eigenvalue weighted by Crippen LogP contribution is 2.17. The minimum Gasteiger partial charge on any atom is -0.387 e. The van der Waals surface area contributed by atoms with Crippen molar-refractivity contribution in [3.8, 4) is 0 Å². The predicted octanol–water partition coefficient (Wildman–Crippen LogP) is 0.226. The van der Waals surface area contributed by atoms with Crippen LogP contribution in [0.3, 0.4) is 0 Å². The molecule has 0 aromatic carbocycles. The van der Waals surface area contributed by atoms with Gasteiger partial charge in [-0.2, -0.15) is 0 Å². The molecule has 0 spiro atoms. The maximum Gasteiger partial charge on any atom is 0.0993 e. The number of likely N-dealkylation sites (N-methyl/N-ethyl adjacent to an activating group) is 1. The molecule has 0 aromatic heterocycles. The Kier molecular flexibility index (Phi) is 2.72. The maximum absolute atomic E-state index is 5.63. The number of allylic oxidation sites excluding steroid dienone is 1. The van der Waals surface area contributed by atoms with E-state index in [1.54, 1.807) is 0 Å². The molecule has 2 aliphatic rings. The van der Waals surface area contributed by atoms with Gasteiger partial charge in [0.05, 0.1) is 5.84 Å². The van der Waals surface area contributed by atoms with Crippen molar-refractivity contribution in [2.75, 3.05) is 33.2 Å². The van der Waals surface area contributed by atoms with E-state index < -0.39 is 0 Å². The molecule has 0 amide bonds. The zero-order valence-electron chi connectivity index (χ0n) is 8.74. The lowest BCUT2D eigenvalue weighted by molar-refractivity contribution is 0.182. The summed E-state index contributed by atoms with van der Waals surface area (Å²) in [6, 6.07) is 0. The molecule has 4 heteroatoms. The fraction of sp³-hybridized carbons (Fsp3) is 0.700. The molecular weight excluding hydrogens is 176 g/mol. The van der Waals surface area contributed by atoms with Crippen molar-refractivity contribution in [3.63, 3.8) is 0 Å². The van der Waals surface area contributed by atoms with Gasteiger partial charge >= 0.3 is 0 Å². The quantitative estimate of drug-likeness (QED) is 0.650. The highest BCUT2D eigenvalue weighted by molar-refractivity contribution is 5.81. The third-order valence-electron chi connectivity index (χ3n) is 2.93. The Labute approximate surface area is 85.1 Å². The number of aliphatic imine (C=N–C) groups is 1. The highest BCUT2D eigenvalue weighted by Gasteiger charge is 2.17. The summed E-state index contributed by atoms with van der Waals surface area (Å²) in [5.41, 5.74) is 6.98. The van der Waals surface area contributed by atoms with E-state index in [-0.39, 0.29) is 0 Å². The summed E-state index contributed by atoms with van der Waals surface area (Å²) in [6.45, 7) is 4.54. The fourth-order valence-corrected chi connectivity index (χ4v) is 1.88. The summed E-state index contributed by atoms with van der Waals surface area (Å²) in [7, 11) is 2.17. The van der Waals surface area contributed by atoms with Gasteiger partial charge in [0.25, 0.3) is 0 Å². The van der Waals surface area contributed by atoms with Gasteiger partial charge in [0, 0.05) is 44.5 Å². The number of rotatable bonds is 1. The molecule has 78 valence electrons. The first kappa shape index (κ1) is 9.52. The van der Waals surface area contributed by atoms with Gasteiger partial charge in [0.1, 0.15) is 0 Å². The van der Waals surface area contributed by atoms with Crippen LogP contribution in [0.4, 0.5) is 0 Å². The minimum absolute atomic E-state index is 0.767. The van der Waals surface area contributed by atoms with Crippen LogP contribution >= 0.6 is 0 Å². The van der Waals surface area contributed by atoms with Crippen LogP contribution in [0.2, 0.25) is 0 Å². The van der Waals surface area contributed by atoms with Gasteiger partial charge in [-0.05, 0) is 13.5 Å². The lowest BCUT2D eigenvalue weighted by Gasteiger charge is -2.36. The van der Waals surface area contributed by atoms with E-state index in [0.29, 0.717) is 0 Å². The van der Waals surface area contributed by atoms with Crippen LogP contribution in [0.5, 0.6) is 0 Å². The summed E-state index contributed by atoms with van der Waals surface area (Å²) >= 11 is 0. The van der Waals surface area contributed by atoms with Crippen molar-refractivity contribution in [2.45, 2.75) is 12.8 Å². The van der Waals surface area contributed by atoms with Crippen molar-refractivity contribution in [3.05, 3.63) is 11.9 Å². The van der Waals surface area contributed by atoms with Crippen molar-refractivity contribution in [2.24, 2.45) is 10.7 Å². The van der Waals surface area contributed by atoms with E-state index >= 15 is 0 Å². The summed E-state index contributed by atoms with van der Waals surface area (Å²) in [5.74, 6) is 0.767. The molecule has 0 atom stereocenters. The van der Waals surface area contributed by atoms with Crippen LogP contribution < -0.4 is 5.73 Å². The molecule has 2 heterocycles. The van der Waals surface area contributed by atoms with E-state index in [0.717, 1.165) is 44.9 Å². The van der Waals surface area contributed by atoms with Gasteiger partial charge in [0.15, 0.2) is 0 Å². The third-order valence-corrected chi connectivity index (χ3v) is 2.93. The molecule has 14 heavy (non-hydrogen) atoms. The summed E-state index contributed by atoms with van der Waals surface area (Å²) < 4.78 is 0. The van der Waals surface area contributed by atoms with E-state index in [2.05, 4.69) is 21.8 Å².